The third-order valence-corrected chi connectivity index (χ3v) is 5.72. The lowest BCUT2D eigenvalue weighted by Crippen LogP contribution is -2.56. The third kappa shape index (κ3) is 4.00. The Balaban J connectivity index is 1.83. The number of nitrogens with zero attached hydrogens (tertiary/aromatic N) is 2. The van der Waals surface area contributed by atoms with Crippen LogP contribution in [0.5, 0.6) is 0 Å². The van der Waals surface area contributed by atoms with Gasteiger partial charge in [0.15, 0.2) is 0 Å². The summed E-state index contributed by atoms with van der Waals surface area (Å²) in [5, 5.41) is 3.27. The van der Waals surface area contributed by atoms with Gasteiger partial charge in [0.05, 0.1) is 6.04 Å². The number of rotatable bonds is 3. The smallest absolute Gasteiger partial charge is 0.237 e. The monoisotopic (exact) mass is 309 g/mol. The Bertz CT molecular complexity index is 405. The molecule has 0 bridgehead atoms. The molecule has 1 aliphatic carbocycles. The van der Waals surface area contributed by atoms with E-state index >= 15 is 0 Å². The molecule has 5 nitrogen and oxygen atoms in total. The maximum Gasteiger partial charge on any atom is 0.237 e. The zero-order chi connectivity index (χ0) is 16.3. The molecule has 2 aliphatic rings. The van der Waals surface area contributed by atoms with Gasteiger partial charge in [-0.25, -0.2) is 0 Å². The molecule has 0 aromatic rings. The molecule has 0 spiro atoms. The molecule has 2 rings (SSSR count). The molecule has 5 heteroatoms. The van der Waals surface area contributed by atoms with Gasteiger partial charge in [0, 0.05) is 39.1 Å². The highest BCUT2D eigenvalue weighted by atomic mass is 16.2. The van der Waals surface area contributed by atoms with Crippen molar-refractivity contribution in [1.29, 1.82) is 0 Å². The molecule has 4 atom stereocenters. The van der Waals surface area contributed by atoms with Crippen LogP contribution < -0.4 is 5.32 Å². The van der Waals surface area contributed by atoms with Gasteiger partial charge in [0.1, 0.15) is 0 Å². The van der Waals surface area contributed by atoms with Crippen molar-refractivity contribution in [3.63, 3.8) is 0 Å². The molecular formula is C17H31N3O2. The van der Waals surface area contributed by atoms with Crippen LogP contribution in [0.1, 0.15) is 47.0 Å². The first-order valence-corrected chi connectivity index (χ1v) is 8.70. The normalized spacial score (nSPS) is 31.6. The van der Waals surface area contributed by atoms with Gasteiger partial charge in [-0.05, 0) is 25.2 Å². The molecule has 2 amide bonds. The van der Waals surface area contributed by atoms with Crippen LogP contribution in [-0.2, 0) is 9.59 Å². The Morgan fingerprint density at radius 1 is 1.09 bits per heavy atom. The van der Waals surface area contributed by atoms with Crippen molar-refractivity contribution in [1.82, 2.24) is 15.1 Å². The number of hydrogen-bond donors (Lipinski definition) is 1. The summed E-state index contributed by atoms with van der Waals surface area (Å²) in [6.45, 7) is 11.1. The zero-order valence-electron chi connectivity index (χ0n) is 14.5. The van der Waals surface area contributed by atoms with Gasteiger partial charge < -0.3 is 10.2 Å². The molecule has 126 valence electrons. The van der Waals surface area contributed by atoms with Gasteiger partial charge in [0.2, 0.25) is 11.8 Å². The minimum Gasteiger partial charge on any atom is -0.352 e. The van der Waals surface area contributed by atoms with Gasteiger partial charge in [-0.15, -0.1) is 0 Å². The molecule has 2 fully saturated rings. The zero-order valence-corrected chi connectivity index (χ0v) is 14.5. The van der Waals surface area contributed by atoms with Crippen LogP contribution in [0, 0.1) is 11.8 Å². The van der Waals surface area contributed by atoms with E-state index in [9.17, 15) is 9.59 Å². The molecule has 1 saturated heterocycles. The summed E-state index contributed by atoms with van der Waals surface area (Å²) in [5.41, 5.74) is 0. The summed E-state index contributed by atoms with van der Waals surface area (Å²) in [7, 11) is 0. The highest BCUT2D eigenvalue weighted by molar-refractivity contribution is 5.81. The van der Waals surface area contributed by atoms with E-state index in [2.05, 4.69) is 24.1 Å². The van der Waals surface area contributed by atoms with Crippen molar-refractivity contribution in [2.75, 3.05) is 26.2 Å². The van der Waals surface area contributed by atoms with E-state index in [0.717, 1.165) is 32.6 Å². The van der Waals surface area contributed by atoms with Crippen LogP contribution in [0.15, 0.2) is 0 Å². The van der Waals surface area contributed by atoms with Gasteiger partial charge >= 0.3 is 0 Å². The van der Waals surface area contributed by atoms with Crippen LogP contribution in [0.25, 0.3) is 0 Å². The SMILES string of the molecule is CC(=O)N1CCN(C(C)C(=O)NC2CCCC(C)C2C)CC1. The van der Waals surface area contributed by atoms with Crippen molar-refractivity contribution in [3.8, 4) is 0 Å². The average Bonchev–Trinajstić information content (AvgIpc) is 2.51. The predicted octanol–water partition coefficient (Wildman–Crippen LogP) is 1.48. The second-order valence-electron chi connectivity index (χ2n) is 7.10. The van der Waals surface area contributed by atoms with E-state index < -0.39 is 0 Å². The summed E-state index contributed by atoms with van der Waals surface area (Å²) in [4.78, 5) is 28.0. The molecule has 1 heterocycles. The van der Waals surface area contributed by atoms with Crippen LogP contribution in [0.2, 0.25) is 0 Å². The fourth-order valence-corrected chi connectivity index (χ4v) is 3.68. The van der Waals surface area contributed by atoms with Crippen molar-refractivity contribution < 1.29 is 9.59 Å². The topological polar surface area (TPSA) is 52.7 Å². The molecule has 0 aromatic heterocycles. The van der Waals surface area contributed by atoms with E-state index in [4.69, 9.17) is 0 Å². The van der Waals surface area contributed by atoms with E-state index in [1.165, 1.54) is 12.8 Å². The summed E-state index contributed by atoms with van der Waals surface area (Å²) >= 11 is 0. The Morgan fingerprint density at radius 3 is 2.32 bits per heavy atom. The lowest BCUT2D eigenvalue weighted by atomic mass is 9.78. The number of hydrogen-bond acceptors (Lipinski definition) is 3. The second kappa shape index (κ2) is 7.44. The number of carbonyl (C=O) groups is 2. The molecule has 0 radical (unpaired) electrons. The highest BCUT2D eigenvalue weighted by Gasteiger charge is 2.31. The average molecular weight is 309 g/mol. The molecule has 1 saturated carbocycles. The number of piperazine rings is 1. The fraction of sp³-hybridized carbons (Fsp3) is 0.882. The van der Waals surface area contributed by atoms with Gasteiger partial charge in [-0.3, -0.25) is 14.5 Å². The first-order chi connectivity index (χ1) is 10.4. The standard InChI is InChI=1S/C17H31N3O2/c1-12-6-5-7-16(13(12)2)18-17(22)14(3)19-8-10-20(11-9-19)15(4)21/h12-14,16H,5-11H2,1-4H3,(H,18,22). The van der Waals surface area contributed by atoms with Gasteiger partial charge in [-0.2, -0.15) is 0 Å². The van der Waals surface area contributed by atoms with Crippen LogP contribution in [0.4, 0.5) is 0 Å². The third-order valence-electron chi connectivity index (χ3n) is 5.72. The summed E-state index contributed by atoms with van der Waals surface area (Å²) in [6, 6.07) is 0.204. The minimum absolute atomic E-state index is 0.112. The van der Waals surface area contributed by atoms with Crippen molar-refractivity contribution in [2.45, 2.75) is 59.0 Å². The molecule has 0 aromatic carbocycles. The predicted molar refractivity (Wildman–Crippen MR) is 87.4 cm³/mol. The highest BCUT2D eigenvalue weighted by Crippen LogP contribution is 2.29. The van der Waals surface area contributed by atoms with Crippen molar-refractivity contribution in [3.05, 3.63) is 0 Å². The summed E-state index contributed by atoms with van der Waals surface area (Å²) < 4.78 is 0. The summed E-state index contributed by atoms with van der Waals surface area (Å²) in [5.74, 6) is 1.51. The molecule has 22 heavy (non-hydrogen) atoms. The van der Waals surface area contributed by atoms with Crippen molar-refractivity contribution in [2.24, 2.45) is 11.8 Å². The molecular weight excluding hydrogens is 278 g/mol. The molecule has 1 aliphatic heterocycles. The Hall–Kier alpha value is -1.10. The number of amides is 2. The Morgan fingerprint density at radius 2 is 1.73 bits per heavy atom. The van der Waals surface area contributed by atoms with E-state index in [-0.39, 0.29) is 17.9 Å². The largest absolute Gasteiger partial charge is 0.352 e. The van der Waals surface area contributed by atoms with Crippen molar-refractivity contribution >= 4 is 11.8 Å². The van der Waals surface area contributed by atoms with Crippen LogP contribution in [0.3, 0.4) is 0 Å². The van der Waals surface area contributed by atoms with E-state index in [0.29, 0.717) is 17.9 Å². The first-order valence-electron chi connectivity index (χ1n) is 8.70. The van der Waals surface area contributed by atoms with Crippen LogP contribution >= 0.6 is 0 Å². The maximum absolute atomic E-state index is 12.5. The fourth-order valence-electron chi connectivity index (χ4n) is 3.68. The minimum atomic E-state index is -0.112. The van der Waals surface area contributed by atoms with E-state index in [1.54, 1.807) is 6.92 Å². The Labute approximate surface area is 134 Å². The maximum atomic E-state index is 12.5. The van der Waals surface area contributed by atoms with Crippen LogP contribution in [-0.4, -0.2) is 59.9 Å². The van der Waals surface area contributed by atoms with E-state index in [1.807, 2.05) is 11.8 Å². The first kappa shape index (κ1) is 17.3. The molecule has 4 unspecified atom stereocenters. The Kier molecular flexibility index (Phi) is 5.84. The van der Waals surface area contributed by atoms with Gasteiger partial charge in [-0.1, -0.05) is 26.7 Å². The lowest BCUT2D eigenvalue weighted by Gasteiger charge is -2.39. The number of carbonyl (C=O) groups excluding carboxylic acids is 2. The second-order valence-corrected chi connectivity index (χ2v) is 7.10. The quantitative estimate of drug-likeness (QED) is 0.859. The van der Waals surface area contributed by atoms with Gasteiger partial charge in [0.25, 0.3) is 0 Å². The number of nitrogens with one attached hydrogen (secondary N) is 1. The molecule has 1 N–H and O–H groups in total. The lowest BCUT2D eigenvalue weighted by molar-refractivity contribution is -0.132. The summed E-state index contributed by atoms with van der Waals surface area (Å²) in [6.07, 6.45) is 3.58.